The van der Waals surface area contributed by atoms with Gasteiger partial charge in [0.05, 0.1) is 11.3 Å². The molecule has 0 aliphatic rings. The van der Waals surface area contributed by atoms with Crippen molar-refractivity contribution in [1.82, 2.24) is 9.78 Å². The zero-order valence-corrected chi connectivity index (χ0v) is 7.29. The summed E-state index contributed by atoms with van der Waals surface area (Å²) in [6, 6.07) is 8.49. The highest BCUT2D eigenvalue weighted by Gasteiger charge is 2.09. The van der Waals surface area contributed by atoms with E-state index in [-0.39, 0.29) is 5.56 Å². The van der Waals surface area contributed by atoms with Crippen molar-refractivity contribution in [2.75, 3.05) is 0 Å². The van der Waals surface area contributed by atoms with Crippen molar-refractivity contribution in [1.29, 1.82) is 0 Å². The number of aromatic nitrogens is 2. The Bertz CT molecular complexity index is 449. The van der Waals surface area contributed by atoms with E-state index in [2.05, 4.69) is 5.10 Å². The van der Waals surface area contributed by atoms with Gasteiger partial charge < -0.3 is 5.11 Å². The number of hydrogen-bond donors (Lipinski definition) is 1. The molecular weight excluding hydrogens is 180 g/mol. The lowest BCUT2D eigenvalue weighted by molar-refractivity contribution is 0.0697. The van der Waals surface area contributed by atoms with Crippen LogP contribution in [0.25, 0.3) is 5.69 Å². The largest absolute Gasteiger partial charge is 0.478 e. The highest BCUT2D eigenvalue weighted by atomic mass is 16.4. The van der Waals surface area contributed by atoms with E-state index in [1.54, 1.807) is 42.7 Å². The third-order valence-corrected chi connectivity index (χ3v) is 1.89. The number of hydrogen-bond acceptors (Lipinski definition) is 2. The molecule has 0 aliphatic heterocycles. The van der Waals surface area contributed by atoms with Crippen LogP contribution >= 0.6 is 0 Å². The Kier molecular flexibility index (Phi) is 2.02. The van der Waals surface area contributed by atoms with Gasteiger partial charge in [0.1, 0.15) is 0 Å². The SMILES string of the molecule is O=C(O)c1ccccc1-n1cccn1. The second-order valence-corrected chi connectivity index (χ2v) is 2.77. The molecule has 0 atom stereocenters. The molecule has 0 spiro atoms. The summed E-state index contributed by atoms with van der Waals surface area (Å²) < 4.78 is 1.53. The van der Waals surface area contributed by atoms with Gasteiger partial charge in [0, 0.05) is 12.4 Å². The van der Waals surface area contributed by atoms with Crippen LogP contribution in [0, 0.1) is 0 Å². The molecule has 0 radical (unpaired) electrons. The van der Waals surface area contributed by atoms with Crippen molar-refractivity contribution in [2.24, 2.45) is 0 Å². The monoisotopic (exact) mass is 188 g/mol. The van der Waals surface area contributed by atoms with Gasteiger partial charge in [-0.05, 0) is 18.2 Å². The number of para-hydroxylation sites is 1. The van der Waals surface area contributed by atoms with Crippen LogP contribution in [0.4, 0.5) is 0 Å². The molecule has 0 fully saturated rings. The van der Waals surface area contributed by atoms with Gasteiger partial charge in [-0.3, -0.25) is 0 Å². The van der Waals surface area contributed by atoms with E-state index in [4.69, 9.17) is 5.11 Å². The number of rotatable bonds is 2. The first kappa shape index (κ1) is 8.50. The Morgan fingerprint density at radius 2 is 2.07 bits per heavy atom. The molecule has 0 unspecified atom stereocenters. The summed E-state index contributed by atoms with van der Waals surface area (Å²) in [6.45, 7) is 0. The molecule has 4 nitrogen and oxygen atoms in total. The lowest BCUT2D eigenvalue weighted by Gasteiger charge is -2.04. The molecule has 1 aromatic carbocycles. The average Bonchev–Trinajstić information content (AvgIpc) is 2.70. The first-order chi connectivity index (χ1) is 6.79. The second-order valence-electron chi connectivity index (χ2n) is 2.77. The minimum atomic E-state index is -0.948. The smallest absolute Gasteiger partial charge is 0.337 e. The number of carbonyl (C=O) groups is 1. The Hall–Kier alpha value is -2.10. The number of nitrogens with zero attached hydrogens (tertiary/aromatic N) is 2. The first-order valence-corrected chi connectivity index (χ1v) is 4.11. The number of carboxylic acids is 1. The molecule has 70 valence electrons. The highest BCUT2D eigenvalue weighted by Crippen LogP contribution is 2.12. The third kappa shape index (κ3) is 1.37. The quantitative estimate of drug-likeness (QED) is 0.778. The molecular formula is C10H8N2O2. The first-order valence-electron chi connectivity index (χ1n) is 4.11. The van der Waals surface area contributed by atoms with Gasteiger partial charge in [0.15, 0.2) is 0 Å². The number of carboxylic acid groups (broad SMARTS) is 1. The summed E-state index contributed by atoms with van der Waals surface area (Å²) in [5, 5.41) is 12.9. The summed E-state index contributed by atoms with van der Waals surface area (Å²) >= 11 is 0. The van der Waals surface area contributed by atoms with Gasteiger partial charge >= 0.3 is 5.97 Å². The molecule has 0 saturated carbocycles. The van der Waals surface area contributed by atoms with Crippen LogP contribution in [0.5, 0.6) is 0 Å². The fourth-order valence-corrected chi connectivity index (χ4v) is 1.27. The maximum Gasteiger partial charge on any atom is 0.337 e. The summed E-state index contributed by atoms with van der Waals surface area (Å²) in [7, 11) is 0. The number of aromatic carboxylic acids is 1. The van der Waals surface area contributed by atoms with Gasteiger partial charge in [-0.1, -0.05) is 12.1 Å². The molecule has 0 saturated heterocycles. The van der Waals surface area contributed by atoms with Crippen LogP contribution in [-0.4, -0.2) is 20.9 Å². The van der Waals surface area contributed by atoms with Gasteiger partial charge in [0.25, 0.3) is 0 Å². The predicted octanol–water partition coefficient (Wildman–Crippen LogP) is 1.57. The van der Waals surface area contributed by atoms with Crippen molar-refractivity contribution < 1.29 is 9.90 Å². The highest BCUT2D eigenvalue weighted by molar-refractivity contribution is 5.91. The fourth-order valence-electron chi connectivity index (χ4n) is 1.27. The van der Waals surface area contributed by atoms with Crippen LogP contribution in [0.1, 0.15) is 10.4 Å². The van der Waals surface area contributed by atoms with Gasteiger partial charge in [0.2, 0.25) is 0 Å². The zero-order chi connectivity index (χ0) is 9.97. The van der Waals surface area contributed by atoms with E-state index in [0.717, 1.165) is 0 Å². The fraction of sp³-hybridized carbons (Fsp3) is 0. The Morgan fingerprint density at radius 3 is 2.71 bits per heavy atom. The van der Waals surface area contributed by atoms with Crippen LogP contribution in [0.15, 0.2) is 42.7 Å². The Balaban J connectivity index is 2.58. The molecule has 0 aliphatic carbocycles. The van der Waals surface area contributed by atoms with Gasteiger partial charge in [-0.15, -0.1) is 0 Å². The standard InChI is InChI=1S/C10H8N2O2/c13-10(14)8-4-1-2-5-9(8)12-7-3-6-11-12/h1-7H,(H,13,14). The van der Waals surface area contributed by atoms with Gasteiger partial charge in [-0.2, -0.15) is 5.10 Å². The van der Waals surface area contributed by atoms with Crippen LogP contribution in [0.3, 0.4) is 0 Å². The second kappa shape index (κ2) is 3.33. The Morgan fingerprint density at radius 1 is 1.29 bits per heavy atom. The van der Waals surface area contributed by atoms with Crippen LogP contribution in [0.2, 0.25) is 0 Å². The molecule has 2 rings (SSSR count). The van der Waals surface area contributed by atoms with Crippen molar-refractivity contribution in [3.05, 3.63) is 48.3 Å². The van der Waals surface area contributed by atoms with E-state index in [9.17, 15) is 4.79 Å². The molecule has 1 heterocycles. The van der Waals surface area contributed by atoms with E-state index in [1.807, 2.05) is 0 Å². The van der Waals surface area contributed by atoms with Crippen LogP contribution < -0.4 is 0 Å². The number of benzene rings is 1. The molecule has 4 heteroatoms. The maximum absolute atomic E-state index is 10.9. The van der Waals surface area contributed by atoms with Crippen molar-refractivity contribution in [2.45, 2.75) is 0 Å². The molecule has 0 amide bonds. The molecule has 1 N–H and O–H groups in total. The zero-order valence-electron chi connectivity index (χ0n) is 7.29. The van der Waals surface area contributed by atoms with E-state index >= 15 is 0 Å². The van der Waals surface area contributed by atoms with E-state index in [1.165, 1.54) is 4.68 Å². The molecule has 2 aromatic rings. The Labute approximate surface area is 80.4 Å². The van der Waals surface area contributed by atoms with Gasteiger partial charge in [-0.25, -0.2) is 9.48 Å². The van der Waals surface area contributed by atoms with Crippen LogP contribution in [-0.2, 0) is 0 Å². The molecule has 1 aromatic heterocycles. The van der Waals surface area contributed by atoms with Crippen molar-refractivity contribution >= 4 is 5.97 Å². The average molecular weight is 188 g/mol. The minimum Gasteiger partial charge on any atom is -0.478 e. The topological polar surface area (TPSA) is 55.1 Å². The van der Waals surface area contributed by atoms with E-state index in [0.29, 0.717) is 5.69 Å². The molecule has 0 bridgehead atoms. The summed E-state index contributed by atoms with van der Waals surface area (Å²) in [4.78, 5) is 10.9. The summed E-state index contributed by atoms with van der Waals surface area (Å²) in [6.07, 6.45) is 3.32. The summed E-state index contributed by atoms with van der Waals surface area (Å²) in [5.74, 6) is -0.948. The predicted molar refractivity (Wildman–Crippen MR) is 50.5 cm³/mol. The van der Waals surface area contributed by atoms with E-state index < -0.39 is 5.97 Å². The molecule has 14 heavy (non-hydrogen) atoms. The summed E-state index contributed by atoms with van der Waals surface area (Å²) in [5.41, 5.74) is 0.821. The third-order valence-electron chi connectivity index (χ3n) is 1.89. The van der Waals surface area contributed by atoms with Crippen molar-refractivity contribution in [3.8, 4) is 5.69 Å². The van der Waals surface area contributed by atoms with Crippen molar-refractivity contribution in [3.63, 3.8) is 0 Å². The maximum atomic E-state index is 10.9. The lowest BCUT2D eigenvalue weighted by Crippen LogP contribution is -2.05. The normalized spacial score (nSPS) is 10.0. The lowest BCUT2D eigenvalue weighted by atomic mass is 10.2. The minimum absolute atomic E-state index is 0.246.